The molecule has 0 unspecified atom stereocenters. The average Bonchev–Trinajstić information content (AvgIpc) is 2.70. The van der Waals surface area contributed by atoms with Gasteiger partial charge in [0, 0.05) is 17.5 Å². The van der Waals surface area contributed by atoms with Crippen LogP contribution in [0.3, 0.4) is 0 Å². The molecule has 0 saturated heterocycles. The highest BCUT2D eigenvalue weighted by atomic mass is 16.6. The highest BCUT2D eigenvalue weighted by Crippen LogP contribution is 2.07. The summed E-state index contributed by atoms with van der Waals surface area (Å²) in [6.07, 6.45) is 4.37. The maximum absolute atomic E-state index is 10.4. The number of hydrogen-bond acceptors (Lipinski definition) is 6. The van der Waals surface area contributed by atoms with Gasteiger partial charge in [-0.3, -0.25) is 0 Å². The van der Waals surface area contributed by atoms with Crippen LogP contribution in [0.1, 0.15) is 11.3 Å². The molecule has 16 heavy (non-hydrogen) atoms. The molecule has 2 aromatic heterocycles. The van der Waals surface area contributed by atoms with Crippen LogP contribution in [-0.4, -0.2) is 29.9 Å². The third kappa shape index (κ3) is 2.00. The minimum Gasteiger partial charge on any atom is -0.358 e. The maximum Gasteiger partial charge on any atom is 0.410 e. The van der Waals surface area contributed by atoms with Crippen LogP contribution in [0, 0.1) is 17.0 Å². The lowest BCUT2D eigenvalue weighted by Gasteiger charge is -2.01. The standard InChI is InChI=1S/C8H8N6O2/c1-6-7(2-9-5-10-6)3-13-4-8(11-12-13)14(15)16/h2,4-5H,3H2,1H3. The summed E-state index contributed by atoms with van der Waals surface area (Å²) in [4.78, 5) is 17.7. The third-order valence-corrected chi connectivity index (χ3v) is 2.06. The second-order valence-corrected chi connectivity index (χ2v) is 3.16. The fourth-order valence-electron chi connectivity index (χ4n) is 1.20. The van der Waals surface area contributed by atoms with Gasteiger partial charge in [0.05, 0.1) is 11.8 Å². The van der Waals surface area contributed by atoms with Gasteiger partial charge in [-0.25, -0.2) is 14.6 Å². The maximum atomic E-state index is 10.4. The van der Waals surface area contributed by atoms with Crippen molar-refractivity contribution in [2.75, 3.05) is 0 Å². The molecule has 0 spiro atoms. The Kier molecular flexibility index (Phi) is 2.54. The fourth-order valence-corrected chi connectivity index (χ4v) is 1.20. The lowest BCUT2D eigenvalue weighted by Crippen LogP contribution is -2.03. The zero-order chi connectivity index (χ0) is 11.5. The molecule has 2 rings (SSSR count). The molecule has 0 saturated carbocycles. The van der Waals surface area contributed by atoms with Crippen molar-refractivity contribution in [2.45, 2.75) is 13.5 Å². The van der Waals surface area contributed by atoms with Crippen molar-refractivity contribution in [2.24, 2.45) is 0 Å². The summed E-state index contributed by atoms with van der Waals surface area (Å²) >= 11 is 0. The highest BCUT2D eigenvalue weighted by molar-refractivity contribution is 5.16. The molecule has 0 bridgehead atoms. The summed E-state index contributed by atoms with van der Waals surface area (Å²) in [6.45, 7) is 2.20. The summed E-state index contributed by atoms with van der Waals surface area (Å²) in [7, 11) is 0. The molecule has 2 aromatic rings. The van der Waals surface area contributed by atoms with E-state index in [1.807, 2.05) is 6.92 Å². The molecule has 0 radical (unpaired) electrons. The molecule has 0 aliphatic carbocycles. The highest BCUT2D eigenvalue weighted by Gasteiger charge is 2.12. The van der Waals surface area contributed by atoms with Crippen LogP contribution in [0.4, 0.5) is 5.82 Å². The molecular weight excluding hydrogens is 212 g/mol. The number of hydrogen-bond donors (Lipinski definition) is 0. The molecule has 0 amide bonds. The van der Waals surface area contributed by atoms with Gasteiger partial charge in [-0.1, -0.05) is 0 Å². The molecule has 2 heterocycles. The molecule has 8 nitrogen and oxygen atoms in total. The van der Waals surface area contributed by atoms with Gasteiger partial charge < -0.3 is 10.1 Å². The van der Waals surface area contributed by atoms with Crippen molar-refractivity contribution in [3.63, 3.8) is 0 Å². The molecule has 0 aromatic carbocycles. The first kappa shape index (κ1) is 10.1. The van der Waals surface area contributed by atoms with Gasteiger partial charge in [-0.15, -0.1) is 0 Å². The Balaban J connectivity index is 2.21. The van der Waals surface area contributed by atoms with Crippen molar-refractivity contribution >= 4 is 5.82 Å². The quantitative estimate of drug-likeness (QED) is 0.546. The summed E-state index contributed by atoms with van der Waals surface area (Å²) in [5.41, 5.74) is 1.66. The molecular formula is C8H8N6O2. The number of nitrogens with zero attached hydrogens (tertiary/aromatic N) is 6. The zero-order valence-electron chi connectivity index (χ0n) is 8.44. The largest absolute Gasteiger partial charge is 0.410 e. The van der Waals surface area contributed by atoms with Gasteiger partial charge in [0.15, 0.2) is 0 Å². The normalized spacial score (nSPS) is 10.3. The first-order valence-corrected chi connectivity index (χ1v) is 4.47. The van der Waals surface area contributed by atoms with Crippen molar-refractivity contribution < 1.29 is 4.92 Å². The van der Waals surface area contributed by atoms with E-state index in [9.17, 15) is 10.1 Å². The van der Waals surface area contributed by atoms with E-state index >= 15 is 0 Å². The van der Waals surface area contributed by atoms with Gasteiger partial charge in [-0.2, -0.15) is 0 Å². The van der Waals surface area contributed by atoms with Crippen LogP contribution in [-0.2, 0) is 6.54 Å². The Hall–Kier alpha value is -2.38. The minimum absolute atomic E-state index is 0.269. The van der Waals surface area contributed by atoms with Crippen LogP contribution in [0.25, 0.3) is 0 Å². The van der Waals surface area contributed by atoms with Crippen LogP contribution in [0.15, 0.2) is 18.7 Å². The van der Waals surface area contributed by atoms with Crippen LogP contribution in [0.5, 0.6) is 0 Å². The van der Waals surface area contributed by atoms with Gasteiger partial charge in [0.2, 0.25) is 0 Å². The number of aryl methyl sites for hydroxylation is 1. The smallest absolute Gasteiger partial charge is 0.358 e. The average molecular weight is 220 g/mol. The predicted octanol–water partition coefficient (Wildman–Crippen LogP) is 0.333. The van der Waals surface area contributed by atoms with E-state index in [2.05, 4.69) is 20.3 Å². The van der Waals surface area contributed by atoms with Crippen LogP contribution in [0.2, 0.25) is 0 Å². The van der Waals surface area contributed by atoms with Gasteiger partial charge >= 0.3 is 5.82 Å². The summed E-state index contributed by atoms with van der Waals surface area (Å²) in [6, 6.07) is 0. The van der Waals surface area contributed by atoms with Crippen molar-refractivity contribution in [3.05, 3.63) is 40.1 Å². The predicted molar refractivity (Wildman–Crippen MR) is 52.5 cm³/mol. The van der Waals surface area contributed by atoms with E-state index in [0.717, 1.165) is 11.3 Å². The lowest BCUT2D eigenvalue weighted by atomic mass is 10.2. The summed E-state index contributed by atoms with van der Waals surface area (Å²) in [5, 5.41) is 17.5. The van der Waals surface area contributed by atoms with Crippen molar-refractivity contribution in [3.8, 4) is 0 Å². The Bertz CT molecular complexity index is 523. The SMILES string of the molecule is Cc1ncncc1Cn1cc([N+](=O)[O-])nn1. The Labute approximate surface area is 90.1 Å². The van der Waals surface area contributed by atoms with E-state index in [1.54, 1.807) is 6.20 Å². The number of rotatable bonds is 3. The van der Waals surface area contributed by atoms with Gasteiger partial charge in [0.1, 0.15) is 17.6 Å². The molecule has 8 heteroatoms. The van der Waals surface area contributed by atoms with E-state index in [4.69, 9.17) is 0 Å². The van der Waals surface area contributed by atoms with Crippen LogP contribution < -0.4 is 0 Å². The lowest BCUT2D eigenvalue weighted by molar-refractivity contribution is -0.389. The van der Waals surface area contributed by atoms with Gasteiger partial charge in [-0.05, 0) is 11.8 Å². The van der Waals surface area contributed by atoms with Crippen LogP contribution >= 0.6 is 0 Å². The Morgan fingerprint density at radius 2 is 2.38 bits per heavy atom. The van der Waals surface area contributed by atoms with E-state index < -0.39 is 4.92 Å². The summed E-state index contributed by atoms with van der Waals surface area (Å²) in [5.74, 6) is -0.269. The molecule has 0 aliphatic rings. The molecule has 0 atom stereocenters. The monoisotopic (exact) mass is 220 g/mol. The second-order valence-electron chi connectivity index (χ2n) is 3.16. The van der Waals surface area contributed by atoms with E-state index in [1.165, 1.54) is 17.2 Å². The first-order valence-electron chi connectivity index (χ1n) is 4.47. The van der Waals surface area contributed by atoms with E-state index in [0.29, 0.717) is 6.54 Å². The number of nitro groups is 1. The molecule has 0 aliphatic heterocycles. The number of aromatic nitrogens is 5. The van der Waals surface area contributed by atoms with Crippen molar-refractivity contribution in [1.82, 2.24) is 25.0 Å². The Morgan fingerprint density at radius 1 is 1.56 bits per heavy atom. The fraction of sp³-hybridized carbons (Fsp3) is 0.250. The summed E-state index contributed by atoms with van der Waals surface area (Å²) < 4.78 is 1.38. The molecule has 0 fully saturated rings. The van der Waals surface area contributed by atoms with Crippen molar-refractivity contribution in [1.29, 1.82) is 0 Å². The Morgan fingerprint density at radius 3 is 3.00 bits per heavy atom. The molecule has 82 valence electrons. The zero-order valence-corrected chi connectivity index (χ0v) is 8.44. The van der Waals surface area contributed by atoms with Gasteiger partial charge in [0.25, 0.3) is 0 Å². The molecule has 0 N–H and O–H groups in total. The second kappa shape index (κ2) is 4.01. The first-order chi connectivity index (χ1) is 7.66. The van der Waals surface area contributed by atoms with E-state index in [-0.39, 0.29) is 5.82 Å². The topological polar surface area (TPSA) is 99.6 Å². The minimum atomic E-state index is -0.585. The third-order valence-electron chi connectivity index (χ3n) is 2.06.